The molecular weight excluding hydrogens is 390 g/mol. The van der Waals surface area contributed by atoms with E-state index in [0.717, 1.165) is 22.5 Å². The van der Waals surface area contributed by atoms with E-state index in [0.29, 0.717) is 10.6 Å². The van der Waals surface area contributed by atoms with Crippen LogP contribution in [0, 0.1) is 17.0 Å². The molecule has 4 rings (SSSR count). The second kappa shape index (κ2) is 7.48. The Kier molecular flexibility index (Phi) is 4.86. The fourth-order valence-corrected chi connectivity index (χ4v) is 3.43. The smallest absolute Gasteiger partial charge is 0.287 e. The summed E-state index contributed by atoms with van der Waals surface area (Å²) in [4.78, 5) is 23.4. The predicted octanol–water partition coefficient (Wildman–Crippen LogP) is 4.65. The van der Waals surface area contributed by atoms with Crippen molar-refractivity contribution >= 4 is 28.7 Å². The van der Waals surface area contributed by atoms with Crippen molar-refractivity contribution in [1.82, 2.24) is 4.57 Å². The summed E-state index contributed by atoms with van der Waals surface area (Å²) in [5.41, 5.74) is 4.12. The van der Waals surface area contributed by atoms with Crippen molar-refractivity contribution in [1.29, 1.82) is 0 Å². The molecule has 2 aromatic heterocycles. The van der Waals surface area contributed by atoms with Crippen LogP contribution in [0.5, 0.6) is 0 Å². The van der Waals surface area contributed by atoms with Crippen LogP contribution >= 0.6 is 11.6 Å². The van der Waals surface area contributed by atoms with E-state index >= 15 is 0 Å². The summed E-state index contributed by atoms with van der Waals surface area (Å²) in [6.07, 6.45) is 3.91. The lowest BCUT2D eigenvalue weighted by Gasteiger charge is -2.04. The summed E-state index contributed by atoms with van der Waals surface area (Å²) in [7, 11) is 0. The number of benzene rings is 2. The Morgan fingerprint density at radius 3 is 2.38 bits per heavy atom. The molecule has 0 N–H and O–H groups in total. The SMILES string of the molecule is Cc1ccc2n(CC(=O)c3ccc(Cl)cc3)c(-c3ccc([N+](=O)[O-])cc3)c[n+]2c1. The molecule has 144 valence electrons. The lowest BCUT2D eigenvalue weighted by atomic mass is 10.1. The molecule has 6 nitrogen and oxygen atoms in total. The van der Waals surface area contributed by atoms with Gasteiger partial charge in [-0.15, -0.1) is 0 Å². The molecule has 0 spiro atoms. The summed E-state index contributed by atoms with van der Waals surface area (Å²) >= 11 is 5.92. The maximum atomic E-state index is 12.9. The van der Waals surface area contributed by atoms with Gasteiger partial charge in [-0.25, -0.2) is 8.97 Å². The van der Waals surface area contributed by atoms with Crippen LogP contribution in [0.1, 0.15) is 15.9 Å². The van der Waals surface area contributed by atoms with Crippen molar-refractivity contribution in [2.45, 2.75) is 13.5 Å². The maximum absolute atomic E-state index is 12.9. The van der Waals surface area contributed by atoms with Crippen LogP contribution in [0.25, 0.3) is 16.9 Å². The minimum absolute atomic E-state index is 0.0251. The quantitative estimate of drug-likeness (QED) is 0.210. The van der Waals surface area contributed by atoms with Crippen LogP contribution < -0.4 is 4.40 Å². The Bertz CT molecular complexity index is 1230. The number of hydrogen-bond acceptors (Lipinski definition) is 3. The molecule has 2 aromatic carbocycles. The number of imidazole rings is 1. The summed E-state index contributed by atoms with van der Waals surface area (Å²) in [5.74, 6) is -0.0523. The van der Waals surface area contributed by atoms with Crippen LogP contribution in [-0.2, 0) is 6.54 Å². The van der Waals surface area contributed by atoms with E-state index in [4.69, 9.17) is 11.6 Å². The molecule has 0 atom stereocenters. The molecule has 29 heavy (non-hydrogen) atoms. The standard InChI is InChI=1S/C22H17ClN3O3/c1-15-2-11-22-24(12-15)13-20(16-5-9-19(10-6-16)26(28)29)25(22)14-21(27)17-3-7-18(23)8-4-17/h2-13H,14H2,1H3/q+1. The molecule has 0 radical (unpaired) electrons. The number of carbonyl (C=O) groups is 1. The van der Waals surface area contributed by atoms with Crippen LogP contribution in [0.15, 0.2) is 73.1 Å². The summed E-state index contributed by atoms with van der Waals surface area (Å²) in [6.45, 7) is 2.13. The van der Waals surface area contributed by atoms with E-state index in [9.17, 15) is 14.9 Å². The van der Waals surface area contributed by atoms with Gasteiger partial charge >= 0.3 is 0 Å². The third-order valence-electron chi connectivity index (χ3n) is 4.77. The van der Waals surface area contributed by atoms with Gasteiger partial charge < -0.3 is 0 Å². The van der Waals surface area contributed by atoms with Gasteiger partial charge in [0.1, 0.15) is 6.20 Å². The number of fused-ring (bicyclic) bond motifs is 1. The Labute approximate surface area is 171 Å². The number of ketones is 1. The fraction of sp³-hybridized carbons (Fsp3) is 0.0909. The number of aromatic nitrogens is 2. The predicted molar refractivity (Wildman–Crippen MR) is 110 cm³/mol. The largest absolute Gasteiger partial charge is 0.290 e. The number of aryl methyl sites for hydroxylation is 1. The number of pyridine rings is 1. The van der Waals surface area contributed by atoms with E-state index in [1.165, 1.54) is 12.1 Å². The molecule has 7 heteroatoms. The number of nitro benzene ring substituents is 1. The first kappa shape index (κ1) is 18.8. The van der Waals surface area contributed by atoms with Gasteiger partial charge in [0.2, 0.25) is 5.78 Å². The van der Waals surface area contributed by atoms with Crippen molar-refractivity contribution in [3.05, 3.63) is 99.3 Å². The van der Waals surface area contributed by atoms with Gasteiger partial charge in [-0.05, 0) is 55.0 Å². The highest BCUT2D eigenvalue weighted by Crippen LogP contribution is 2.24. The number of halogens is 1. The molecule has 0 aliphatic heterocycles. The monoisotopic (exact) mass is 406 g/mol. The Morgan fingerprint density at radius 2 is 1.72 bits per heavy atom. The van der Waals surface area contributed by atoms with Crippen LogP contribution in [0.4, 0.5) is 5.69 Å². The molecule has 4 aromatic rings. The number of Topliss-reactive ketones (excluding diaryl/α,β-unsaturated/α-hetero) is 1. The number of nitro groups is 1. The van der Waals surface area contributed by atoms with E-state index in [1.807, 2.05) is 40.4 Å². The van der Waals surface area contributed by atoms with E-state index in [2.05, 4.69) is 0 Å². The Morgan fingerprint density at radius 1 is 1.03 bits per heavy atom. The second-order valence-corrected chi connectivity index (χ2v) is 7.24. The average Bonchev–Trinajstić information content (AvgIpc) is 3.05. The topological polar surface area (TPSA) is 69.2 Å². The third-order valence-corrected chi connectivity index (χ3v) is 5.03. The highest BCUT2D eigenvalue weighted by atomic mass is 35.5. The van der Waals surface area contributed by atoms with Crippen LogP contribution in [-0.4, -0.2) is 15.3 Å². The zero-order valence-corrected chi connectivity index (χ0v) is 16.3. The van der Waals surface area contributed by atoms with Crippen molar-refractivity contribution < 1.29 is 14.1 Å². The first-order valence-electron chi connectivity index (χ1n) is 8.97. The highest BCUT2D eigenvalue weighted by Gasteiger charge is 2.22. The molecule has 0 aliphatic carbocycles. The molecular formula is C22H17ClN3O3+. The fourth-order valence-electron chi connectivity index (χ4n) is 3.30. The van der Waals surface area contributed by atoms with E-state index in [1.54, 1.807) is 36.4 Å². The summed E-state index contributed by atoms with van der Waals surface area (Å²) in [6, 6.07) is 17.1. The average molecular weight is 407 g/mol. The van der Waals surface area contributed by atoms with E-state index in [-0.39, 0.29) is 18.0 Å². The van der Waals surface area contributed by atoms with Gasteiger partial charge in [0, 0.05) is 34.3 Å². The lowest BCUT2D eigenvalue weighted by molar-refractivity contribution is -0.510. The zero-order valence-electron chi connectivity index (χ0n) is 15.6. The number of hydrogen-bond donors (Lipinski definition) is 0. The Hall–Kier alpha value is -3.51. The molecule has 0 saturated heterocycles. The van der Waals surface area contributed by atoms with Gasteiger partial charge in [0.25, 0.3) is 11.3 Å². The summed E-state index contributed by atoms with van der Waals surface area (Å²) in [5, 5.41) is 11.5. The molecule has 0 unspecified atom stereocenters. The van der Waals surface area contributed by atoms with Crippen LogP contribution in [0.3, 0.4) is 0 Å². The molecule has 0 amide bonds. The molecule has 0 aliphatic rings. The normalized spacial score (nSPS) is 11.0. The van der Waals surface area contributed by atoms with Gasteiger partial charge in [0.15, 0.2) is 12.2 Å². The number of rotatable bonds is 5. The highest BCUT2D eigenvalue weighted by molar-refractivity contribution is 6.30. The third kappa shape index (κ3) is 3.75. The van der Waals surface area contributed by atoms with E-state index < -0.39 is 4.92 Å². The minimum Gasteiger partial charge on any atom is -0.290 e. The molecule has 0 bridgehead atoms. The van der Waals surface area contributed by atoms with Crippen LogP contribution in [0.2, 0.25) is 5.02 Å². The second-order valence-electron chi connectivity index (χ2n) is 6.81. The minimum atomic E-state index is -0.429. The van der Waals surface area contributed by atoms with Gasteiger partial charge in [-0.2, -0.15) is 0 Å². The number of non-ortho nitro benzene ring substituents is 1. The Balaban J connectivity index is 1.80. The van der Waals surface area contributed by atoms with Gasteiger partial charge in [-0.1, -0.05) is 11.6 Å². The van der Waals surface area contributed by atoms with Crippen molar-refractivity contribution in [3.63, 3.8) is 0 Å². The van der Waals surface area contributed by atoms with Gasteiger partial charge in [-0.3, -0.25) is 14.9 Å². The zero-order chi connectivity index (χ0) is 20.5. The molecule has 0 saturated carbocycles. The first-order chi connectivity index (χ1) is 13.9. The van der Waals surface area contributed by atoms with Crippen molar-refractivity contribution in [2.24, 2.45) is 0 Å². The maximum Gasteiger partial charge on any atom is 0.287 e. The first-order valence-corrected chi connectivity index (χ1v) is 9.35. The number of nitrogens with zero attached hydrogens (tertiary/aromatic N) is 3. The van der Waals surface area contributed by atoms with Gasteiger partial charge in [0.05, 0.1) is 11.1 Å². The lowest BCUT2D eigenvalue weighted by Crippen LogP contribution is -2.20. The molecule has 0 fully saturated rings. The summed E-state index contributed by atoms with van der Waals surface area (Å²) < 4.78 is 3.87. The van der Waals surface area contributed by atoms with Crippen molar-refractivity contribution in [3.8, 4) is 11.3 Å². The van der Waals surface area contributed by atoms with Crippen molar-refractivity contribution in [2.75, 3.05) is 0 Å². The number of carbonyl (C=O) groups excluding carboxylic acids is 1. The molecule has 2 heterocycles.